The molecule has 2 rings (SSSR count). The van der Waals surface area contributed by atoms with Crippen molar-refractivity contribution in [3.63, 3.8) is 0 Å². The molecule has 0 aliphatic carbocycles. The molecule has 0 amide bonds. The fraction of sp³-hybridized carbons (Fsp3) is 0.353. The Morgan fingerprint density at radius 1 is 1.24 bits per heavy atom. The summed E-state index contributed by atoms with van der Waals surface area (Å²) in [5, 5.41) is 0. The van der Waals surface area contributed by atoms with Crippen molar-refractivity contribution in [1.82, 2.24) is 4.57 Å². The van der Waals surface area contributed by atoms with Gasteiger partial charge in [-0.05, 0) is 32.9 Å². The summed E-state index contributed by atoms with van der Waals surface area (Å²) in [6.07, 6.45) is 0. The van der Waals surface area contributed by atoms with Crippen LogP contribution in [0, 0.1) is 13.8 Å². The molecule has 1 N–H and O–H groups in total. The van der Waals surface area contributed by atoms with Gasteiger partial charge in [-0.3, -0.25) is 4.72 Å². The lowest BCUT2D eigenvalue weighted by molar-refractivity contribution is 0.0514. The van der Waals surface area contributed by atoms with Gasteiger partial charge in [0.05, 0.1) is 19.4 Å². The Hall–Kier alpha value is -2.48. The topological polar surface area (TPSA) is 86.6 Å². The number of anilines is 1. The van der Waals surface area contributed by atoms with E-state index in [1.165, 1.54) is 11.7 Å². The lowest BCUT2D eigenvalue weighted by Gasteiger charge is -2.12. The number of carbonyl (C=O) groups is 1. The number of sulfonamides is 1. The number of carbonyl (C=O) groups excluding carboxylic acids is 1. The van der Waals surface area contributed by atoms with E-state index in [9.17, 15) is 13.2 Å². The number of para-hydroxylation sites is 2. The smallest absolute Gasteiger partial charge is 0.355 e. The lowest BCUT2D eigenvalue weighted by atomic mass is 10.2. The van der Waals surface area contributed by atoms with Crippen molar-refractivity contribution in [2.45, 2.75) is 25.7 Å². The molecule has 1 aromatic carbocycles. The molecule has 0 saturated heterocycles. The highest BCUT2D eigenvalue weighted by atomic mass is 32.2. The van der Waals surface area contributed by atoms with Crippen LogP contribution < -0.4 is 9.46 Å². The van der Waals surface area contributed by atoms with Gasteiger partial charge < -0.3 is 14.0 Å². The number of nitrogens with zero attached hydrogens (tertiary/aromatic N) is 1. The second-order valence-corrected chi connectivity index (χ2v) is 7.09. The Balaban J connectivity index is 2.53. The number of aromatic nitrogens is 1. The van der Waals surface area contributed by atoms with Crippen molar-refractivity contribution < 1.29 is 22.7 Å². The third-order valence-corrected chi connectivity index (χ3v) is 5.58. The van der Waals surface area contributed by atoms with Gasteiger partial charge in [-0.25, -0.2) is 13.2 Å². The first-order valence-electron chi connectivity index (χ1n) is 7.73. The molecular weight excluding hydrogens is 344 g/mol. The summed E-state index contributed by atoms with van der Waals surface area (Å²) < 4.78 is 40.1. The van der Waals surface area contributed by atoms with Crippen molar-refractivity contribution >= 4 is 21.7 Å². The monoisotopic (exact) mass is 366 g/mol. The molecule has 0 atom stereocenters. The fourth-order valence-electron chi connectivity index (χ4n) is 2.76. The molecule has 8 heteroatoms. The number of ether oxygens (including phenoxy) is 2. The summed E-state index contributed by atoms with van der Waals surface area (Å²) in [6.45, 7) is 5.15. The first-order chi connectivity index (χ1) is 11.7. The molecule has 0 saturated carbocycles. The maximum atomic E-state index is 12.9. The zero-order valence-electron chi connectivity index (χ0n) is 14.9. The molecule has 0 unspecified atom stereocenters. The molecule has 0 radical (unpaired) electrons. The minimum atomic E-state index is -3.92. The Labute approximate surface area is 147 Å². The van der Waals surface area contributed by atoms with Crippen LogP contribution in [0.15, 0.2) is 29.2 Å². The third kappa shape index (κ3) is 3.48. The molecule has 2 aromatic rings. The Kier molecular flexibility index (Phi) is 5.42. The highest BCUT2D eigenvalue weighted by Gasteiger charge is 2.30. The van der Waals surface area contributed by atoms with Crippen LogP contribution in [0.4, 0.5) is 5.69 Å². The Bertz CT molecular complexity index is 900. The number of hydrogen-bond acceptors (Lipinski definition) is 5. The molecule has 0 aliphatic heterocycles. The van der Waals surface area contributed by atoms with Crippen LogP contribution in [0.25, 0.3) is 0 Å². The zero-order valence-corrected chi connectivity index (χ0v) is 15.7. The average Bonchev–Trinajstić information content (AvgIpc) is 2.77. The van der Waals surface area contributed by atoms with Crippen molar-refractivity contribution in [3.05, 3.63) is 41.2 Å². The average molecular weight is 366 g/mol. The molecule has 7 nitrogen and oxygen atoms in total. The van der Waals surface area contributed by atoms with E-state index in [4.69, 9.17) is 9.47 Å². The van der Waals surface area contributed by atoms with Gasteiger partial charge in [-0.1, -0.05) is 12.1 Å². The molecule has 0 bridgehead atoms. The van der Waals surface area contributed by atoms with Crippen LogP contribution >= 0.6 is 0 Å². The predicted octanol–water partition coefficient (Wildman–Crippen LogP) is 2.63. The van der Waals surface area contributed by atoms with Crippen LogP contribution in [0.1, 0.15) is 28.7 Å². The molecule has 136 valence electrons. The molecule has 0 aliphatic rings. The van der Waals surface area contributed by atoms with E-state index in [1.54, 1.807) is 52.1 Å². The summed E-state index contributed by atoms with van der Waals surface area (Å²) in [7, 11) is -0.817. The number of methoxy groups -OCH3 is 1. The van der Waals surface area contributed by atoms with Gasteiger partial charge in [-0.15, -0.1) is 0 Å². The molecule has 25 heavy (non-hydrogen) atoms. The summed E-state index contributed by atoms with van der Waals surface area (Å²) in [4.78, 5) is 12.2. The van der Waals surface area contributed by atoms with Gasteiger partial charge in [0.1, 0.15) is 16.3 Å². The predicted molar refractivity (Wildman–Crippen MR) is 94.6 cm³/mol. The van der Waals surface area contributed by atoms with E-state index in [1.807, 2.05) is 0 Å². The maximum absolute atomic E-state index is 12.9. The summed E-state index contributed by atoms with van der Waals surface area (Å²) in [5.41, 5.74) is 1.34. The van der Waals surface area contributed by atoms with Crippen LogP contribution in [0.2, 0.25) is 0 Å². The highest BCUT2D eigenvalue weighted by molar-refractivity contribution is 7.92. The van der Waals surface area contributed by atoms with Crippen molar-refractivity contribution in [2.24, 2.45) is 7.05 Å². The fourth-order valence-corrected chi connectivity index (χ4v) is 4.35. The second kappa shape index (κ2) is 7.18. The number of hydrogen-bond donors (Lipinski definition) is 1. The van der Waals surface area contributed by atoms with Gasteiger partial charge in [0, 0.05) is 18.3 Å². The van der Waals surface area contributed by atoms with E-state index in [2.05, 4.69) is 4.72 Å². The van der Waals surface area contributed by atoms with Crippen LogP contribution in [0.3, 0.4) is 0 Å². The zero-order chi connectivity index (χ0) is 18.8. The Morgan fingerprint density at radius 3 is 2.48 bits per heavy atom. The highest BCUT2D eigenvalue weighted by Crippen LogP contribution is 2.31. The van der Waals surface area contributed by atoms with Gasteiger partial charge >= 0.3 is 5.97 Å². The number of nitrogens with one attached hydrogen (secondary N) is 1. The van der Waals surface area contributed by atoms with Gasteiger partial charge in [0.25, 0.3) is 10.0 Å². The summed E-state index contributed by atoms with van der Waals surface area (Å²) >= 11 is 0. The van der Waals surface area contributed by atoms with E-state index < -0.39 is 16.0 Å². The van der Waals surface area contributed by atoms with Crippen molar-refractivity contribution in [2.75, 3.05) is 18.4 Å². The summed E-state index contributed by atoms with van der Waals surface area (Å²) in [6, 6.07) is 6.71. The third-order valence-electron chi connectivity index (χ3n) is 3.95. The summed E-state index contributed by atoms with van der Waals surface area (Å²) in [5.74, 6) is -0.146. The standard InChI is InChI=1S/C17H22N2O5S/c1-6-24-17(20)15-11(2)16(12(3)19(15)4)25(21,22)18-13-9-7-8-10-14(13)23-5/h7-10,18H,6H2,1-5H3. The first kappa shape index (κ1) is 18.9. The second-order valence-electron chi connectivity index (χ2n) is 5.47. The SMILES string of the molecule is CCOC(=O)c1c(C)c(S(=O)(=O)Nc2ccccc2OC)c(C)n1C. The quantitative estimate of drug-likeness (QED) is 0.794. The normalized spacial score (nSPS) is 11.2. The van der Waals surface area contributed by atoms with E-state index in [0.717, 1.165) is 0 Å². The molecule has 1 heterocycles. The van der Waals surface area contributed by atoms with Gasteiger partial charge in [0.15, 0.2) is 0 Å². The number of esters is 1. The van der Waals surface area contributed by atoms with Gasteiger partial charge in [0.2, 0.25) is 0 Å². The Morgan fingerprint density at radius 2 is 1.88 bits per heavy atom. The number of benzene rings is 1. The molecule has 0 spiro atoms. The van der Waals surface area contributed by atoms with E-state index >= 15 is 0 Å². The van der Waals surface area contributed by atoms with E-state index in [0.29, 0.717) is 22.7 Å². The van der Waals surface area contributed by atoms with E-state index in [-0.39, 0.29) is 17.2 Å². The number of rotatable bonds is 6. The van der Waals surface area contributed by atoms with Crippen LogP contribution in [-0.2, 0) is 21.8 Å². The van der Waals surface area contributed by atoms with Crippen molar-refractivity contribution in [3.8, 4) is 5.75 Å². The molecule has 1 aromatic heterocycles. The lowest BCUT2D eigenvalue weighted by Crippen LogP contribution is -2.15. The first-order valence-corrected chi connectivity index (χ1v) is 9.21. The molecule has 0 fully saturated rings. The van der Waals surface area contributed by atoms with Gasteiger partial charge in [-0.2, -0.15) is 0 Å². The molecular formula is C17H22N2O5S. The van der Waals surface area contributed by atoms with Crippen LogP contribution in [0.5, 0.6) is 5.75 Å². The van der Waals surface area contributed by atoms with Crippen LogP contribution in [-0.4, -0.2) is 32.7 Å². The largest absolute Gasteiger partial charge is 0.495 e. The maximum Gasteiger partial charge on any atom is 0.355 e. The minimum absolute atomic E-state index is 0.0592. The minimum Gasteiger partial charge on any atom is -0.495 e. The van der Waals surface area contributed by atoms with Crippen molar-refractivity contribution in [1.29, 1.82) is 0 Å².